The second kappa shape index (κ2) is 8.52. The Morgan fingerprint density at radius 1 is 1.21 bits per heavy atom. The minimum atomic E-state index is -3.35. The minimum Gasteiger partial charge on any atom is -0.324 e. The Morgan fingerprint density at radius 2 is 1.79 bits per heavy atom. The average Bonchev–Trinajstić information content (AvgIpc) is 2.51. The quantitative estimate of drug-likeness (QED) is 0.797. The van der Waals surface area contributed by atoms with E-state index in [2.05, 4.69) is 5.32 Å². The molecule has 1 aromatic carbocycles. The zero-order valence-corrected chi connectivity index (χ0v) is 15.9. The molecule has 5 nitrogen and oxygen atoms in total. The predicted octanol–water partition coefficient (Wildman–Crippen LogP) is 3.92. The van der Waals surface area contributed by atoms with Crippen LogP contribution in [0, 0.1) is 0 Å². The first-order valence-corrected chi connectivity index (χ1v) is 10.6. The highest BCUT2D eigenvalue weighted by Gasteiger charge is 2.28. The lowest BCUT2D eigenvalue weighted by molar-refractivity contribution is -0.116. The number of hydrogen-bond donors (Lipinski definition) is 1. The zero-order valence-electron chi connectivity index (χ0n) is 13.6. The van der Waals surface area contributed by atoms with Gasteiger partial charge in [-0.2, -0.15) is 4.31 Å². The fourth-order valence-corrected chi connectivity index (χ4v) is 4.69. The van der Waals surface area contributed by atoms with Crippen LogP contribution in [0.4, 0.5) is 5.69 Å². The Balaban J connectivity index is 1.99. The van der Waals surface area contributed by atoms with Crippen molar-refractivity contribution in [2.45, 2.75) is 44.6 Å². The number of sulfonamides is 1. The molecule has 134 valence electrons. The van der Waals surface area contributed by atoms with Crippen LogP contribution in [-0.4, -0.2) is 37.5 Å². The van der Waals surface area contributed by atoms with Gasteiger partial charge < -0.3 is 5.32 Å². The molecule has 0 radical (unpaired) electrons. The van der Waals surface area contributed by atoms with Crippen LogP contribution in [0.5, 0.6) is 0 Å². The van der Waals surface area contributed by atoms with Crippen molar-refractivity contribution in [1.29, 1.82) is 0 Å². The summed E-state index contributed by atoms with van der Waals surface area (Å²) in [6.07, 6.45) is 6.15. The highest BCUT2D eigenvalue weighted by atomic mass is 35.5. The van der Waals surface area contributed by atoms with Crippen molar-refractivity contribution < 1.29 is 13.2 Å². The number of carbonyl (C=O) groups is 1. The van der Waals surface area contributed by atoms with Crippen LogP contribution in [0.3, 0.4) is 0 Å². The summed E-state index contributed by atoms with van der Waals surface area (Å²) in [7, 11) is -3.35. The van der Waals surface area contributed by atoms with E-state index in [0.29, 0.717) is 15.7 Å². The van der Waals surface area contributed by atoms with Crippen LogP contribution in [0.1, 0.15) is 38.5 Å². The summed E-state index contributed by atoms with van der Waals surface area (Å²) in [5.74, 6) is -0.311. The maximum atomic E-state index is 12.2. The number of hydrogen-bond acceptors (Lipinski definition) is 3. The number of rotatable bonds is 6. The summed E-state index contributed by atoms with van der Waals surface area (Å²) in [5, 5.41) is 3.36. The van der Waals surface area contributed by atoms with E-state index >= 15 is 0 Å². The maximum absolute atomic E-state index is 12.2. The van der Waals surface area contributed by atoms with E-state index in [0.717, 1.165) is 32.1 Å². The van der Waals surface area contributed by atoms with E-state index in [4.69, 9.17) is 23.2 Å². The van der Waals surface area contributed by atoms with Crippen LogP contribution in [0.2, 0.25) is 10.0 Å². The number of nitrogens with one attached hydrogen (secondary N) is 1. The molecule has 0 atom stereocenters. The third-order valence-electron chi connectivity index (χ3n) is 4.19. The molecule has 0 unspecified atom stereocenters. The van der Waals surface area contributed by atoms with Gasteiger partial charge in [0.1, 0.15) is 0 Å². The molecule has 1 N–H and O–H groups in total. The van der Waals surface area contributed by atoms with E-state index < -0.39 is 10.0 Å². The van der Waals surface area contributed by atoms with Gasteiger partial charge in [-0.05, 0) is 25.0 Å². The molecule has 0 bridgehead atoms. The minimum absolute atomic E-state index is 0.00884. The molecular weight excluding hydrogens is 371 g/mol. The lowest BCUT2D eigenvalue weighted by Crippen LogP contribution is -2.42. The third kappa shape index (κ3) is 5.34. The summed E-state index contributed by atoms with van der Waals surface area (Å²) in [6.45, 7) is 0.164. The first kappa shape index (κ1) is 19.5. The number of halogens is 2. The van der Waals surface area contributed by atoms with Gasteiger partial charge in [0.05, 0.1) is 22.0 Å². The fraction of sp³-hybridized carbons (Fsp3) is 0.562. The van der Waals surface area contributed by atoms with Crippen LogP contribution in [0.25, 0.3) is 0 Å². The lowest BCUT2D eigenvalue weighted by atomic mass is 9.95. The van der Waals surface area contributed by atoms with Crippen LogP contribution >= 0.6 is 23.2 Å². The van der Waals surface area contributed by atoms with Gasteiger partial charge in [-0.25, -0.2) is 8.42 Å². The van der Waals surface area contributed by atoms with E-state index in [-0.39, 0.29) is 24.9 Å². The molecule has 8 heteroatoms. The van der Waals surface area contributed by atoms with Gasteiger partial charge in [0.2, 0.25) is 15.9 Å². The number of amides is 1. The fourth-order valence-electron chi connectivity index (χ4n) is 3.02. The topological polar surface area (TPSA) is 66.5 Å². The largest absolute Gasteiger partial charge is 0.324 e. The molecule has 0 aromatic heterocycles. The van der Waals surface area contributed by atoms with Crippen LogP contribution < -0.4 is 5.32 Å². The van der Waals surface area contributed by atoms with Crippen molar-refractivity contribution in [3.8, 4) is 0 Å². The van der Waals surface area contributed by atoms with E-state index in [9.17, 15) is 13.2 Å². The highest BCUT2D eigenvalue weighted by molar-refractivity contribution is 7.88. The van der Waals surface area contributed by atoms with Gasteiger partial charge in [0.25, 0.3) is 0 Å². The molecule has 1 saturated carbocycles. The Kier molecular flexibility index (Phi) is 6.92. The average molecular weight is 393 g/mol. The standard InChI is InChI=1S/C16H22Cl2N2O3S/c1-24(22,23)20(12-6-3-2-4-7-12)11-10-15(21)19-16-13(17)8-5-9-14(16)18/h5,8-9,12H,2-4,6-7,10-11H2,1H3,(H,19,21). The highest BCUT2D eigenvalue weighted by Crippen LogP contribution is 2.30. The molecule has 1 aliphatic carbocycles. The molecule has 0 aliphatic heterocycles. The molecule has 2 rings (SSSR count). The van der Waals surface area contributed by atoms with Gasteiger partial charge in [0, 0.05) is 19.0 Å². The molecule has 0 saturated heterocycles. The number of carbonyl (C=O) groups excluding carboxylic acids is 1. The first-order valence-electron chi connectivity index (χ1n) is 7.99. The summed E-state index contributed by atoms with van der Waals surface area (Å²) in [6, 6.07) is 4.95. The Labute approximate surface area is 153 Å². The Hall–Kier alpha value is -0.820. The van der Waals surface area contributed by atoms with Crippen molar-refractivity contribution in [3.63, 3.8) is 0 Å². The van der Waals surface area contributed by atoms with Gasteiger partial charge in [-0.15, -0.1) is 0 Å². The van der Waals surface area contributed by atoms with Crippen LogP contribution in [-0.2, 0) is 14.8 Å². The summed E-state index contributed by atoms with van der Waals surface area (Å²) < 4.78 is 25.6. The van der Waals surface area contributed by atoms with Crippen molar-refractivity contribution in [1.82, 2.24) is 4.31 Å². The summed E-state index contributed by atoms with van der Waals surface area (Å²) in [4.78, 5) is 12.2. The monoisotopic (exact) mass is 392 g/mol. The van der Waals surface area contributed by atoms with Gasteiger partial charge in [-0.3, -0.25) is 4.79 Å². The SMILES string of the molecule is CS(=O)(=O)N(CCC(=O)Nc1c(Cl)cccc1Cl)C1CCCCC1. The molecule has 1 aromatic rings. The van der Waals surface area contributed by atoms with Gasteiger partial charge in [0.15, 0.2) is 0 Å². The first-order chi connectivity index (χ1) is 11.3. The predicted molar refractivity (Wildman–Crippen MR) is 98.1 cm³/mol. The second-order valence-electron chi connectivity index (χ2n) is 6.06. The maximum Gasteiger partial charge on any atom is 0.225 e. The van der Waals surface area contributed by atoms with Gasteiger partial charge >= 0.3 is 0 Å². The number of benzene rings is 1. The normalized spacial score (nSPS) is 16.3. The molecule has 1 aliphatic rings. The molecule has 24 heavy (non-hydrogen) atoms. The third-order valence-corrected chi connectivity index (χ3v) is 6.16. The summed E-state index contributed by atoms with van der Waals surface area (Å²) >= 11 is 12.1. The molecule has 0 spiro atoms. The summed E-state index contributed by atoms with van der Waals surface area (Å²) in [5.41, 5.74) is 0.356. The molecule has 0 heterocycles. The van der Waals surface area contributed by atoms with Gasteiger partial charge in [-0.1, -0.05) is 48.5 Å². The van der Waals surface area contributed by atoms with E-state index in [1.807, 2.05) is 0 Å². The number of nitrogens with zero attached hydrogens (tertiary/aromatic N) is 1. The zero-order chi connectivity index (χ0) is 17.7. The van der Waals surface area contributed by atoms with E-state index in [1.54, 1.807) is 18.2 Å². The lowest BCUT2D eigenvalue weighted by Gasteiger charge is -2.32. The van der Waals surface area contributed by atoms with Crippen molar-refractivity contribution in [3.05, 3.63) is 28.2 Å². The van der Waals surface area contributed by atoms with Crippen LogP contribution in [0.15, 0.2) is 18.2 Å². The molecule has 1 amide bonds. The second-order valence-corrected chi connectivity index (χ2v) is 8.81. The van der Waals surface area contributed by atoms with Crippen molar-refractivity contribution in [2.24, 2.45) is 0 Å². The Bertz CT molecular complexity index is 668. The Morgan fingerprint density at radius 3 is 2.33 bits per heavy atom. The molecule has 1 fully saturated rings. The van der Waals surface area contributed by atoms with Crippen molar-refractivity contribution >= 4 is 44.8 Å². The number of para-hydroxylation sites is 1. The molecular formula is C16H22Cl2N2O3S. The number of anilines is 1. The van der Waals surface area contributed by atoms with E-state index in [1.165, 1.54) is 10.6 Å². The van der Waals surface area contributed by atoms with Crippen molar-refractivity contribution in [2.75, 3.05) is 18.1 Å². The smallest absolute Gasteiger partial charge is 0.225 e.